The Morgan fingerprint density at radius 1 is 1.33 bits per heavy atom. The molecule has 4 nitrogen and oxygen atoms in total. The summed E-state index contributed by atoms with van der Waals surface area (Å²) in [6.07, 6.45) is 4.87. The van der Waals surface area contributed by atoms with Crippen LogP contribution in [0.15, 0.2) is 18.5 Å². The zero-order chi connectivity index (χ0) is 13.1. The zero-order valence-corrected chi connectivity index (χ0v) is 11.6. The summed E-state index contributed by atoms with van der Waals surface area (Å²) in [5, 5.41) is 4.78. The van der Waals surface area contributed by atoms with E-state index < -0.39 is 0 Å². The lowest BCUT2D eigenvalue weighted by molar-refractivity contribution is 0.603. The Morgan fingerprint density at radius 2 is 2.11 bits per heavy atom. The van der Waals surface area contributed by atoms with E-state index in [2.05, 4.69) is 35.8 Å². The maximum atomic E-state index is 6.03. The first-order chi connectivity index (χ1) is 8.60. The first-order valence-corrected chi connectivity index (χ1v) is 6.55. The van der Waals surface area contributed by atoms with Crippen molar-refractivity contribution in [3.63, 3.8) is 0 Å². The average Bonchev–Trinajstić information content (AvgIpc) is 2.77. The van der Waals surface area contributed by atoms with Crippen molar-refractivity contribution in [3.8, 4) is 11.3 Å². The van der Waals surface area contributed by atoms with Crippen LogP contribution in [0.3, 0.4) is 0 Å². The average molecular weight is 265 g/mol. The molecule has 0 saturated heterocycles. The molecule has 5 heteroatoms. The predicted molar refractivity (Wildman–Crippen MR) is 72.6 cm³/mol. The summed E-state index contributed by atoms with van der Waals surface area (Å²) in [6, 6.07) is 1.78. The van der Waals surface area contributed by atoms with Gasteiger partial charge in [-0.2, -0.15) is 5.10 Å². The molecule has 0 saturated carbocycles. The van der Waals surface area contributed by atoms with Crippen LogP contribution in [0.1, 0.15) is 38.9 Å². The van der Waals surface area contributed by atoms with Crippen molar-refractivity contribution in [2.75, 3.05) is 0 Å². The molecule has 2 aromatic heterocycles. The molecule has 0 amide bonds. The van der Waals surface area contributed by atoms with Crippen molar-refractivity contribution in [2.24, 2.45) is 0 Å². The van der Waals surface area contributed by atoms with Gasteiger partial charge in [0.1, 0.15) is 11.0 Å². The topological polar surface area (TPSA) is 43.6 Å². The number of halogens is 1. The molecular weight excluding hydrogens is 248 g/mol. The molecule has 0 radical (unpaired) electrons. The molecule has 0 bridgehead atoms. The highest BCUT2D eigenvalue weighted by molar-refractivity contribution is 6.29. The van der Waals surface area contributed by atoms with Gasteiger partial charge in [-0.25, -0.2) is 9.97 Å². The molecular formula is C13H17ClN4. The standard InChI is InChI=1S/C13H17ClN4/c1-4-5-18-8-10(7-15-18)11-6-12(14)17-13(16-11)9(2)3/h6-9H,4-5H2,1-3H3. The highest BCUT2D eigenvalue weighted by atomic mass is 35.5. The molecule has 0 N–H and O–H groups in total. The van der Waals surface area contributed by atoms with E-state index in [0.717, 1.165) is 30.0 Å². The Morgan fingerprint density at radius 3 is 2.78 bits per heavy atom. The first kappa shape index (κ1) is 13.0. The molecule has 2 aromatic rings. The molecule has 0 aliphatic heterocycles. The third-order valence-electron chi connectivity index (χ3n) is 2.61. The van der Waals surface area contributed by atoms with Crippen LogP contribution in [0.5, 0.6) is 0 Å². The van der Waals surface area contributed by atoms with E-state index in [0.29, 0.717) is 5.15 Å². The molecule has 0 atom stereocenters. The van der Waals surface area contributed by atoms with Crippen molar-refractivity contribution in [2.45, 2.75) is 39.7 Å². The van der Waals surface area contributed by atoms with Gasteiger partial charge in [-0.3, -0.25) is 4.68 Å². The SMILES string of the molecule is CCCn1cc(-c2cc(Cl)nc(C(C)C)n2)cn1. The van der Waals surface area contributed by atoms with Crippen LogP contribution in [0.2, 0.25) is 5.15 Å². The highest BCUT2D eigenvalue weighted by Crippen LogP contribution is 2.22. The summed E-state index contributed by atoms with van der Waals surface area (Å²) in [5.74, 6) is 1.02. The summed E-state index contributed by atoms with van der Waals surface area (Å²) < 4.78 is 1.92. The van der Waals surface area contributed by atoms with Crippen molar-refractivity contribution in [3.05, 3.63) is 29.4 Å². The maximum Gasteiger partial charge on any atom is 0.133 e. The molecule has 0 unspecified atom stereocenters. The molecule has 0 aliphatic rings. The van der Waals surface area contributed by atoms with E-state index in [1.165, 1.54) is 0 Å². The number of rotatable bonds is 4. The number of hydrogen-bond acceptors (Lipinski definition) is 3. The summed E-state index contributed by atoms with van der Waals surface area (Å²) in [7, 11) is 0. The van der Waals surface area contributed by atoms with Gasteiger partial charge in [0.2, 0.25) is 0 Å². The van der Waals surface area contributed by atoms with Gasteiger partial charge < -0.3 is 0 Å². The lowest BCUT2D eigenvalue weighted by Gasteiger charge is -2.06. The Bertz CT molecular complexity index is 534. The Kier molecular flexibility index (Phi) is 3.97. The summed E-state index contributed by atoms with van der Waals surface area (Å²) >= 11 is 6.03. The van der Waals surface area contributed by atoms with E-state index in [9.17, 15) is 0 Å². The zero-order valence-electron chi connectivity index (χ0n) is 10.9. The van der Waals surface area contributed by atoms with E-state index >= 15 is 0 Å². The second-order valence-corrected chi connectivity index (χ2v) is 4.97. The smallest absolute Gasteiger partial charge is 0.133 e. The van der Waals surface area contributed by atoms with Crippen molar-refractivity contribution >= 4 is 11.6 Å². The molecule has 0 spiro atoms. The van der Waals surface area contributed by atoms with Gasteiger partial charge in [0, 0.05) is 30.3 Å². The lowest BCUT2D eigenvalue weighted by atomic mass is 10.2. The van der Waals surface area contributed by atoms with Crippen molar-refractivity contribution < 1.29 is 0 Å². The van der Waals surface area contributed by atoms with Crippen LogP contribution in [-0.4, -0.2) is 19.7 Å². The minimum atomic E-state index is 0.258. The largest absolute Gasteiger partial charge is 0.272 e. The minimum absolute atomic E-state index is 0.258. The number of aryl methyl sites for hydroxylation is 1. The molecule has 0 fully saturated rings. The third-order valence-corrected chi connectivity index (χ3v) is 2.80. The molecule has 18 heavy (non-hydrogen) atoms. The van der Waals surface area contributed by atoms with Crippen LogP contribution >= 0.6 is 11.6 Å². The van der Waals surface area contributed by atoms with Gasteiger partial charge in [-0.15, -0.1) is 0 Å². The van der Waals surface area contributed by atoms with Crippen LogP contribution in [-0.2, 0) is 6.54 Å². The molecule has 96 valence electrons. The number of hydrogen-bond donors (Lipinski definition) is 0. The van der Waals surface area contributed by atoms with E-state index in [1.807, 2.05) is 17.1 Å². The van der Waals surface area contributed by atoms with Gasteiger partial charge >= 0.3 is 0 Å². The maximum absolute atomic E-state index is 6.03. The second-order valence-electron chi connectivity index (χ2n) is 4.58. The lowest BCUT2D eigenvalue weighted by Crippen LogP contribution is -1.99. The molecule has 2 rings (SSSR count). The fourth-order valence-corrected chi connectivity index (χ4v) is 1.88. The van der Waals surface area contributed by atoms with E-state index in [4.69, 9.17) is 11.6 Å². The normalized spacial score (nSPS) is 11.2. The predicted octanol–water partition coefficient (Wildman–Crippen LogP) is 3.53. The summed E-state index contributed by atoms with van der Waals surface area (Å²) in [4.78, 5) is 8.76. The Labute approximate surface area is 112 Å². The molecule has 2 heterocycles. The molecule has 0 aromatic carbocycles. The van der Waals surface area contributed by atoms with E-state index in [-0.39, 0.29) is 5.92 Å². The van der Waals surface area contributed by atoms with Gasteiger partial charge in [0.25, 0.3) is 0 Å². The van der Waals surface area contributed by atoms with Crippen molar-refractivity contribution in [1.29, 1.82) is 0 Å². The minimum Gasteiger partial charge on any atom is -0.272 e. The van der Waals surface area contributed by atoms with Crippen LogP contribution < -0.4 is 0 Å². The highest BCUT2D eigenvalue weighted by Gasteiger charge is 2.10. The van der Waals surface area contributed by atoms with Gasteiger partial charge in [-0.1, -0.05) is 32.4 Å². The Balaban J connectivity index is 2.36. The van der Waals surface area contributed by atoms with E-state index in [1.54, 1.807) is 6.07 Å². The molecule has 0 aliphatic carbocycles. The summed E-state index contributed by atoms with van der Waals surface area (Å²) in [5.41, 5.74) is 1.82. The van der Waals surface area contributed by atoms with Crippen LogP contribution in [0.4, 0.5) is 0 Å². The monoisotopic (exact) mass is 264 g/mol. The second kappa shape index (κ2) is 5.48. The number of aromatic nitrogens is 4. The van der Waals surface area contributed by atoms with Crippen molar-refractivity contribution in [1.82, 2.24) is 19.7 Å². The summed E-state index contributed by atoms with van der Waals surface area (Å²) in [6.45, 7) is 7.14. The van der Waals surface area contributed by atoms with Crippen LogP contribution in [0.25, 0.3) is 11.3 Å². The fourth-order valence-electron chi connectivity index (χ4n) is 1.69. The Hall–Kier alpha value is -1.42. The van der Waals surface area contributed by atoms with Gasteiger partial charge in [-0.05, 0) is 6.42 Å². The van der Waals surface area contributed by atoms with Crippen LogP contribution in [0, 0.1) is 0 Å². The van der Waals surface area contributed by atoms with Gasteiger partial charge in [0.05, 0.1) is 11.9 Å². The fraction of sp³-hybridized carbons (Fsp3) is 0.462. The first-order valence-electron chi connectivity index (χ1n) is 6.17. The third kappa shape index (κ3) is 2.88. The quantitative estimate of drug-likeness (QED) is 0.794. The number of nitrogens with zero attached hydrogens (tertiary/aromatic N) is 4. The van der Waals surface area contributed by atoms with Gasteiger partial charge in [0.15, 0.2) is 0 Å².